The van der Waals surface area contributed by atoms with Gasteiger partial charge in [-0.1, -0.05) is 19.1 Å². The van der Waals surface area contributed by atoms with Crippen LogP contribution in [0.25, 0.3) is 22.0 Å². The standard InChI is InChI=1S/C23H24N2O4.ClH/c1-4-13-6-7-14-16(10-13)22(26)20-15-11-18(28-2)19(29-3)12-17(15)23(27)25(21(14)20)9-5-8-24;/h6-7,10-12H,4-5,8-9,24H2,1-3H3;1H. The molecule has 2 N–H and O–H groups in total. The van der Waals surface area contributed by atoms with Crippen molar-refractivity contribution < 1.29 is 14.3 Å². The van der Waals surface area contributed by atoms with Gasteiger partial charge in [-0.15, -0.1) is 12.4 Å². The zero-order valence-electron chi connectivity index (χ0n) is 17.3. The van der Waals surface area contributed by atoms with E-state index in [0.29, 0.717) is 58.6 Å². The summed E-state index contributed by atoms with van der Waals surface area (Å²) in [4.78, 5) is 26.9. The van der Waals surface area contributed by atoms with Gasteiger partial charge in [-0.05, 0) is 43.1 Å². The molecule has 1 heterocycles. The minimum absolute atomic E-state index is 0. The third-order valence-electron chi connectivity index (χ3n) is 5.58. The summed E-state index contributed by atoms with van der Waals surface area (Å²) in [6.07, 6.45) is 1.48. The first kappa shape index (κ1) is 21.9. The van der Waals surface area contributed by atoms with Crippen LogP contribution in [-0.2, 0) is 13.0 Å². The number of ketones is 1. The number of rotatable bonds is 6. The van der Waals surface area contributed by atoms with Crippen LogP contribution in [0, 0.1) is 0 Å². The Labute approximate surface area is 181 Å². The number of carbonyl (C=O) groups is 1. The summed E-state index contributed by atoms with van der Waals surface area (Å²) in [6, 6.07) is 9.28. The molecule has 2 aromatic carbocycles. The summed E-state index contributed by atoms with van der Waals surface area (Å²) in [5, 5.41) is 1.03. The first-order valence-electron chi connectivity index (χ1n) is 9.76. The summed E-state index contributed by atoms with van der Waals surface area (Å²) >= 11 is 0. The maximum absolute atomic E-state index is 13.4. The number of pyridine rings is 1. The summed E-state index contributed by atoms with van der Waals surface area (Å²) in [5.41, 5.74) is 9.29. The fraction of sp³-hybridized carbons (Fsp3) is 0.304. The number of aromatic nitrogens is 1. The lowest BCUT2D eigenvalue weighted by Gasteiger charge is -2.16. The molecule has 4 rings (SSSR count). The molecule has 0 spiro atoms. The van der Waals surface area contributed by atoms with E-state index in [4.69, 9.17) is 15.2 Å². The van der Waals surface area contributed by atoms with Gasteiger partial charge in [-0.3, -0.25) is 9.59 Å². The lowest BCUT2D eigenvalue weighted by molar-refractivity contribution is 0.104. The van der Waals surface area contributed by atoms with Crippen molar-refractivity contribution in [3.8, 4) is 22.8 Å². The van der Waals surface area contributed by atoms with Gasteiger partial charge in [0.15, 0.2) is 17.3 Å². The quantitative estimate of drug-likeness (QED) is 0.507. The zero-order valence-corrected chi connectivity index (χ0v) is 18.1. The van der Waals surface area contributed by atoms with E-state index in [1.165, 1.54) is 14.2 Å². The summed E-state index contributed by atoms with van der Waals surface area (Å²) in [6.45, 7) is 2.96. The molecule has 30 heavy (non-hydrogen) atoms. The molecule has 0 fully saturated rings. The molecular weight excluding hydrogens is 404 g/mol. The van der Waals surface area contributed by atoms with E-state index in [1.807, 2.05) is 18.2 Å². The number of nitrogens with two attached hydrogens (primary N) is 1. The molecule has 0 radical (unpaired) electrons. The molecule has 0 amide bonds. The van der Waals surface area contributed by atoms with Crippen molar-refractivity contribution in [2.75, 3.05) is 20.8 Å². The summed E-state index contributed by atoms with van der Waals surface area (Å²) in [5.74, 6) is 0.877. The first-order chi connectivity index (χ1) is 14.0. The number of ether oxygens (including phenoxy) is 2. The molecule has 6 nitrogen and oxygen atoms in total. The Hall–Kier alpha value is -2.83. The maximum atomic E-state index is 13.4. The average molecular weight is 429 g/mol. The molecule has 158 valence electrons. The minimum atomic E-state index is -0.159. The van der Waals surface area contributed by atoms with E-state index in [-0.39, 0.29) is 23.7 Å². The number of halogens is 1. The van der Waals surface area contributed by atoms with Gasteiger partial charge >= 0.3 is 0 Å². The van der Waals surface area contributed by atoms with Gasteiger partial charge in [0.05, 0.1) is 30.9 Å². The Kier molecular flexibility index (Phi) is 6.19. The number of hydrogen-bond donors (Lipinski definition) is 1. The number of hydrogen-bond acceptors (Lipinski definition) is 5. The number of benzene rings is 2. The number of aryl methyl sites for hydroxylation is 1. The second-order valence-electron chi connectivity index (χ2n) is 7.14. The largest absolute Gasteiger partial charge is 0.493 e. The molecule has 1 aliphatic rings. The zero-order chi connectivity index (χ0) is 20.7. The van der Waals surface area contributed by atoms with E-state index >= 15 is 0 Å². The second kappa shape index (κ2) is 8.50. The number of carbonyl (C=O) groups excluding carboxylic acids is 1. The van der Waals surface area contributed by atoms with Crippen LogP contribution in [0.3, 0.4) is 0 Å². The van der Waals surface area contributed by atoms with Crippen molar-refractivity contribution in [1.29, 1.82) is 0 Å². The Morgan fingerprint density at radius 2 is 1.63 bits per heavy atom. The number of nitrogens with zero attached hydrogens (tertiary/aromatic N) is 1. The highest BCUT2D eigenvalue weighted by atomic mass is 35.5. The monoisotopic (exact) mass is 428 g/mol. The molecule has 0 atom stereocenters. The molecule has 0 unspecified atom stereocenters. The molecule has 1 aliphatic carbocycles. The number of methoxy groups -OCH3 is 2. The Morgan fingerprint density at radius 3 is 2.23 bits per heavy atom. The van der Waals surface area contributed by atoms with Crippen LogP contribution in [0.1, 0.15) is 34.8 Å². The predicted molar refractivity (Wildman–Crippen MR) is 120 cm³/mol. The van der Waals surface area contributed by atoms with Crippen LogP contribution in [0.5, 0.6) is 11.5 Å². The SMILES string of the molecule is CCc1ccc2c(c1)C(=O)c1c-2n(CCCN)c(=O)c2cc(OC)c(OC)cc12.Cl. The van der Waals surface area contributed by atoms with Crippen LogP contribution >= 0.6 is 12.4 Å². The van der Waals surface area contributed by atoms with Crippen molar-refractivity contribution in [2.45, 2.75) is 26.3 Å². The third kappa shape index (κ3) is 3.16. The topological polar surface area (TPSA) is 83.6 Å². The van der Waals surface area contributed by atoms with E-state index in [2.05, 4.69) is 6.92 Å². The molecular formula is C23H25ClN2O4. The smallest absolute Gasteiger partial charge is 0.259 e. The van der Waals surface area contributed by atoms with Crippen LogP contribution < -0.4 is 20.8 Å². The number of fused-ring (bicyclic) bond motifs is 5. The van der Waals surface area contributed by atoms with Crippen molar-refractivity contribution in [3.05, 3.63) is 57.4 Å². The fourth-order valence-electron chi connectivity index (χ4n) is 4.09. The summed E-state index contributed by atoms with van der Waals surface area (Å²) in [7, 11) is 3.06. The van der Waals surface area contributed by atoms with E-state index in [9.17, 15) is 9.59 Å². The van der Waals surface area contributed by atoms with Gasteiger partial charge in [0.2, 0.25) is 0 Å². The molecule has 0 bridgehead atoms. The van der Waals surface area contributed by atoms with Crippen molar-refractivity contribution in [1.82, 2.24) is 4.57 Å². The predicted octanol–water partition coefficient (Wildman–Crippen LogP) is 3.56. The highest BCUT2D eigenvalue weighted by Gasteiger charge is 2.33. The van der Waals surface area contributed by atoms with Crippen LogP contribution in [0.15, 0.2) is 35.1 Å². The summed E-state index contributed by atoms with van der Waals surface area (Å²) < 4.78 is 12.5. The van der Waals surface area contributed by atoms with Crippen molar-refractivity contribution >= 4 is 29.0 Å². The third-order valence-corrected chi connectivity index (χ3v) is 5.58. The van der Waals surface area contributed by atoms with Crippen LogP contribution in [-0.4, -0.2) is 31.1 Å². The Balaban J connectivity index is 0.00000256. The molecule has 0 saturated carbocycles. The second-order valence-corrected chi connectivity index (χ2v) is 7.14. The van der Waals surface area contributed by atoms with E-state index in [1.54, 1.807) is 16.7 Å². The van der Waals surface area contributed by atoms with Gasteiger partial charge in [0.1, 0.15) is 0 Å². The van der Waals surface area contributed by atoms with Crippen LogP contribution in [0.2, 0.25) is 0 Å². The maximum Gasteiger partial charge on any atom is 0.259 e. The minimum Gasteiger partial charge on any atom is -0.493 e. The van der Waals surface area contributed by atoms with Crippen molar-refractivity contribution in [2.24, 2.45) is 5.73 Å². The Bertz CT molecular complexity index is 1200. The molecule has 0 saturated heterocycles. The van der Waals surface area contributed by atoms with Gasteiger partial charge < -0.3 is 19.8 Å². The average Bonchev–Trinajstić information content (AvgIpc) is 3.04. The van der Waals surface area contributed by atoms with E-state index in [0.717, 1.165) is 17.5 Å². The van der Waals surface area contributed by atoms with Gasteiger partial charge in [0.25, 0.3) is 5.56 Å². The molecule has 0 aliphatic heterocycles. The Morgan fingerprint density at radius 1 is 0.967 bits per heavy atom. The first-order valence-corrected chi connectivity index (χ1v) is 9.76. The van der Waals surface area contributed by atoms with Crippen molar-refractivity contribution in [3.63, 3.8) is 0 Å². The molecule has 3 aromatic rings. The normalized spacial score (nSPS) is 11.8. The molecule has 7 heteroatoms. The van der Waals surface area contributed by atoms with Gasteiger partial charge in [-0.2, -0.15) is 0 Å². The molecule has 1 aromatic heterocycles. The lowest BCUT2D eigenvalue weighted by Crippen LogP contribution is -2.24. The lowest BCUT2D eigenvalue weighted by atomic mass is 10.0. The highest BCUT2D eigenvalue weighted by molar-refractivity contribution is 6.27. The van der Waals surface area contributed by atoms with E-state index < -0.39 is 0 Å². The fourth-order valence-corrected chi connectivity index (χ4v) is 4.09. The van der Waals surface area contributed by atoms with Gasteiger partial charge in [-0.25, -0.2) is 0 Å². The highest BCUT2D eigenvalue weighted by Crippen LogP contribution is 2.42. The van der Waals surface area contributed by atoms with Gasteiger partial charge in [0, 0.05) is 23.1 Å². The van der Waals surface area contributed by atoms with Crippen LogP contribution in [0.4, 0.5) is 0 Å².